The van der Waals surface area contributed by atoms with Crippen molar-refractivity contribution in [3.8, 4) is 0 Å². The standard InChI is InChI=1S/C12H15NO4/c1-2-17-8-11(14)13-7-9-3-5-10(6-4-9)12(15)16/h3-6H,2,7-8H2,1H3,(H,13,14)(H,15,16). The third-order valence-corrected chi connectivity index (χ3v) is 2.13. The maximum absolute atomic E-state index is 11.2. The minimum Gasteiger partial charge on any atom is -0.478 e. The van der Waals surface area contributed by atoms with Crippen molar-refractivity contribution in [2.45, 2.75) is 13.5 Å². The molecule has 1 rings (SSSR count). The number of hydrogen-bond donors (Lipinski definition) is 2. The van der Waals surface area contributed by atoms with Crippen LogP contribution < -0.4 is 5.32 Å². The Kier molecular flexibility index (Phi) is 5.16. The quantitative estimate of drug-likeness (QED) is 0.775. The van der Waals surface area contributed by atoms with E-state index in [-0.39, 0.29) is 18.1 Å². The average Bonchev–Trinajstić information content (AvgIpc) is 2.34. The minimum atomic E-state index is -0.961. The second-order valence-electron chi connectivity index (χ2n) is 3.42. The summed E-state index contributed by atoms with van der Waals surface area (Å²) in [5.74, 6) is -1.15. The molecule has 0 atom stereocenters. The van der Waals surface area contributed by atoms with E-state index in [1.54, 1.807) is 12.1 Å². The molecule has 5 heteroatoms. The Morgan fingerprint density at radius 1 is 1.29 bits per heavy atom. The van der Waals surface area contributed by atoms with Crippen LogP contribution >= 0.6 is 0 Å². The molecule has 0 aliphatic carbocycles. The molecule has 0 aliphatic heterocycles. The third kappa shape index (κ3) is 4.65. The zero-order valence-electron chi connectivity index (χ0n) is 9.60. The molecule has 0 heterocycles. The number of benzene rings is 1. The Balaban J connectivity index is 2.42. The van der Waals surface area contributed by atoms with Crippen molar-refractivity contribution in [2.75, 3.05) is 13.2 Å². The number of carbonyl (C=O) groups excluding carboxylic acids is 1. The van der Waals surface area contributed by atoms with E-state index in [2.05, 4.69) is 5.32 Å². The highest BCUT2D eigenvalue weighted by Crippen LogP contribution is 2.04. The molecule has 1 aromatic carbocycles. The Morgan fingerprint density at radius 3 is 2.47 bits per heavy atom. The van der Waals surface area contributed by atoms with Gasteiger partial charge < -0.3 is 15.2 Å². The summed E-state index contributed by atoms with van der Waals surface area (Å²) >= 11 is 0. The van der Waals surface area contributed by atoms with Crippen LogP contribution in [-0.2, 0) is 16.1 Å². The van der Waals surface area contributed by atoms with Crippen molar-refractivity contribution in [3.63, 3.8) is 0 Å². The number of carboxylic acids is 1. The van der Waals surface area contributed by atoms with Gasteiger partial charge in [-0.15, -0.1) is 0 Å². The predicted molar refractivity (Wildman–Crippen MR) is 61.7 cm³/mol. The number of amides is 1. The fourth-order valence-electron chi connectivity index (χ4n) is 1.21. The molecule has 2 N–H and O–H groups in total. The Morgan fingerprint density at radius 2 is 1.94 bits per heavy atom. The Bertz CT molecular complexity index is 386. The lowest BCUT2D eigenvalue weighted by Gasteiger charge is -2.05. The number of rotatable bonds is 6. The van der Waals surface area contributed by atoms with Crippen LogP contribution in [0.1, 0.15) is 22.8 Å². The third-order valence-electron chi connectivity index (χ3n) is 2.13. The van der Waals surface area contributed by atoms with Crippen LogP contribution in [-0.4, -0.2) is 30.2 Å². The summed E-state index contributed by atoms with van der Waals surface area (Å²) in [5, 5.41) is 11.4. The number of carbonyl (C=O) groups is 2. The number of aromatic carboxylic acids is 1. The van der Waals surface area contributed by atoms with Crippen LogP contribution in [0.2, 0.25) is 0 Å². The Labute approximate surface area is 99.4 Å². The molecular formula is C12H15NO4. The SMILES string of the molecule is CCOCC(=O)NCc1ccc(C(=O)O)cc1. The van der Waals surface area contributed by atoms with Crippen LogP contribution in [0.25, 0.3) is 0 Å². The van der Waals surface area contributed by atoms with Gasteiger partial charge in [-0.05, 0) is 24.6 Å². The number of hydrogen-bond acceptors (Lipinski definition) is 3. The zero-order valence-corrected chi connectivity index (χ0v) is 9.60. The highest BCUT2D eigenvalue weighted by molar-refractivity contribution is 5.87. The molecular weight excluding hydrogens is 222 g/mol. The second-order valence-corrected chi connectivity index (χ2v) is 3.42. The van der Waals surface area contributed by atoms with E-state index in [0.717, 1.165) is 5.56 Å². The molecule has 0 radical (unpaired) electrons. The first-order chi connectivity index (χ1) is 8.13. The smallest absolute Gasteiger partial charge is 0.335 e. The largest absolute Gasteiger partial charge is 0.478 e. The van der Waals surface area contributed by atoms with Crippen molar-refractivity contribution in [1.29, 1.82) is 0 Å². The van der Waals surface area contributed by atoms with E-state index in [1.165, 1.54) is 12.1 Å². The molecule has 17 heavy (non-hydrogen) atoms. The van der Waals surface area contributed by atoms with Gasteiger partial charge in [-0.3, -0.25) is 4.79 Å². The van der Waals surface area contributed by atoms with Gasteiger partial charge in [0.15, 0.2) is 0 Å². The van der Waals surface area contributed by atoms with Gasteiger partial charge in [0.2, 0.25) is 5.91 Å². The summed E-state index contributed by atoms with van der Waals surface area (Å²) in [7, 11) is 0. The molecule has 0 unspecified atom stereocenters. The molecule has 1 amide bonds. The van der Waals surface area contributed by atoms with Gasteiger partial charge in [0.05, 0.1) is 5.56 Å². The fraction of sp³-hybridized carbons (Fsp3) is 0.333. The summed E-state index contributed by atoms with van der Waals surface area (Å²) in [5.41, 5.74) is 1.08. The number of ether oxygens (including phenoxy) is 1. The van der Waals surface area contributed by atoms with Gasteiger partial charge in [0.1, 0.15) is 6.61 Å². The molecule has 0 saturated heterocycles. The van der Waals surface area contributed by atoms with Crippen molar-refractivity contribution in [3.05, 3.63) is 35.4 Å². The molecule has 92 valence electrons. The second kappa shape index (κ2) is 6.65. The van der Waals surface area contributed by atoms with Gasteiger partial charge in [0, 0.05) is 13.2 Å². The first-order valence-corrected chi connectivity index (χ1v) is 5.30. The summed E-state index contributed by atoms with van der Waals surface area (Å²) in [4.78, 5) is 21.8. The van der Waals surface area contributed by atoms with E-state index in [4.69, 9.17) is 9.84 Å². The van der Waals surface area contributed by atoms with Gasteiger partial charge in [0.25, 0.3) is 0 Å². The van der Waals surface area contributed by atoms with E-state index in [9.17, 15) is 9.59 Å². The maximum atomic E-state index is 11.2. The van der Waals surface area contributed by atoms with Gasteiger partial charge in [-0.1, -0.05) is 12.1 Å². The van der Waals surface area contributed by atoms with Gasteiger partial charge in [-0.2, -0.15) is 0 Å². The number of carboxylic acid groups (broad SMARTS) is 1. The first kappa shape index (κ1) is 13.2. The lowest BCUT2D eigenvalue weighted by Crippen LogP contribution is -2.27. The lowest BCUT2D eigenvalue weighted by atomic mass is 10.1. The summed E-state index contributed by atoms with van der Waals surface area (Å²) in [6.45, 7) is 2.73. The lowest BCUT2D eigenvalue weighted by molar-refractivity contribution is -0.125. The Hall–Kier alpha value is -1.88. The highest BCUT2D eigenvalue weighted by atomic mass is 16.5. The molecule has 5 nitrogen and oxygen atoms in total. The van der Waals surface area contributed by atoms with Crippen molar-refractivity contribution >= 4 is 11.9 Å². The van der Waals surface area contributed by atoms with Crippen molar-refractivity contribution < 1.29 is 19.4 Å². The predicted octanol–water partition coefficient (Wildman–Crippen LogP) is 1.04. The monoisotopic (exact) mass is 237 g/mol. The van der Waals surface area contributed by atoms with Crippen LogP contribution in [0.15, 0.2) is 24.3 Å². The molecule has 0 fully saturated rings. The number of nitrogens with one attached hydrogen (secondary N) is 1. The van der Waals surface area contributed by atoms with Gasteiger partial charge >= 0.3 is 5.97 Å². The molecule has 0 saturated carbocycles. The van der Waals surface area contributed by atoms with Crippen molar-refractivity contribution in [2.24, 2.45) is 0 Å². The fourth-order valence-corrected chi connectivity index (χ4v) is 1.21. The minimum absolute atomic E-state index is 0.0453. The first-order valence-electron chi connectivity index (χ1n) is 5.30. The van der Waals surface area contributed by atoms with Crippen LogP contribution in [0, 0.1) is 0 Å². The maximum Gasteiger partial charge on any atom is 0.335 e. The van der Waals surface area contributed by atoms with E-state index < -0.39 is 5.97 Å². The molecule has 1 aromatic rings. The van der Waals surface area contributed by atoms with E-state index >= 15 is 0 Å². The topological polar surface area (TPSA) is 75.6 Å². The molecule has 0 bridgehead atoms. The summed E-state index contributed by atoms with van der Waals surface area (Å²) < 4.78 is 4.94. The van der Waals surface area contributed by atoms with E-state index in [0.29, 0.717) is 13.2 Å². The molecule has 0 aliphatic rings. The van der Waals surface area contributed by atoms with Gasteiger partial charge in [-0.25, -0.2) is 4.79 Å². The average molecular weight is 237 g/mol. The van der Waals surface area contributed by atoms with E-state index in [1.807, 2.05) is 6.92 Å². The van der Waals surface area contributed by atoms with Crippen LogP contribution in [0.3, 0.4) is 0 Å². The zero-order chi connectivity index (χ0) is 12.7. The molecule has 0 spiro atoms. The summed E-state index contributed by atoms with van der Waals surface area (Å²) in [6.07, 6.45) is 0. The normalized spacial score (nSPS) is 9.94. The van der Waals surface area contributed by atoms with Crippen molar-refractivity contribution in [1.82, 2.24) is 5.32 Å². The van der Waals surface area contributed by atoms with Crippen LogP contribution in [0.5, 0.6) is 0 Å². The molecule has 0 aromatic heterocycles. The summed E-state index contributed by atoms with van der Waals surface area (Å²) in [6, 6.07) is 6.35. The highest BCUT2D eigenvalue weighted by Gasteiger charge is 2.03. The van der Waals surface area contributed by atoms with Crippen LogP contribution in [0.4, 0.5) is 0 Å².